The largest absolute Gasteiger partial charge is 0.497 e. The molecule has 0 radical (unpaired) electrons. The summed E-state index contributed by atoms with van der Waals surface area (Å²) in [5, 5.41) is 0. The molecule has 2 rings (SSSR count). The summed E-state index contributed by atoms with van der Waals surface area (Å²) in [5.74, 6) is 0.723. The molecule has 0 bridgehead atoms. The first-order chi connectivity index (χ1) is 9.11. The van der Waals surface area contributed by atoms with Crippen molar-refractivity contribution in [2.24, 2.45) is 0 Å². The lowest BCUT2D eigenvalue weighted by Gasteiger charge is -2.12. The number of hydrogen-bond acceptors (Lipinski definition) is 3. The van der Waals surface area contributed by atoms with Crippen LogP contribution >= 0.6 is 0 Å². The number of benzene rings is 2. The van der Waals surface area contributed by atoms with E-state index in [4.69, 9.17) is 15.2 Å². The molecule has 0 aliphatic rings. The van der Waals surface area contributed by atoms with Crippen molar-refractivity contribution in [2.45, 2.75) is 13.5 Å². The lowest BCUT2D eigenvalue weighted by atomic mass is 10.2. The first-order valence-corrected chi connectivity index (χ1v) is 5.92. The third kappa shape index (κ3) is 2.96. The van der Waals surface area contributed by atoms with Gasteiger partial charge in [-0.2, -0.15) is 0 Å². The normalized spacial score (nSPS) is 10.3. The average molecular weight is 261 g/mol. The molecule has 0 atom stereocenters. The quantitative estimate of drug-likeness (QED) is 0.859. The van der Waals surface area contributed by atoms with Crippen LogP contribution in [0.25, 0.3) is 0 Å². The number of para-hydroxylation sites is 1. The number of aryl methyl sites for hydroxylation is 1. The maximum atomic E-state index is 13.7. The van der Waals surface area contributed by atoms with E-state index in [2.05, 4.69) is 0 Å². The van der Waals surface area contributed by atoms with E-state index >= 15 is 0 Å². The fourth-order valence-electron chi connectivity index (χ4n) is 1.79. The van der Waals surface area contributed by atoms with Crippen LogP contribution in [0.3, 0.4) is 0 Å². The monoisotopic (exact) mass is 261 g/mol. The van der Waals surface area contributed by atoms with E-state index in [1.54, 1.807) is 18.2 Å². The summed E-state index contributed by atoms with van der Waals surface area (Å²) in [5.41, 5.74) is 7.77. The van der Waals surface area contributed by atoms with Gasteiger partial charge in [-0.3, -0.25) is 0 Å². The fourth-order valence-corrected chi connectivity index (χ4v) is 1.79. The number of anilines is 1. The van der Waals surface area contributed by atoms with E-state index in [0.29, 0.717) is 22.7 Å². The number of nitrogens with two attached hydrogens (primary N) is 1. The van der Waals surface area contributed by atoms with E-state index in [9.17, 15) is 4.39 Å². The minimum atomic E-state index is -0.355. The molecule has 19 heavy (non-hydrogen) atoms. The molecule has 2 aromatic rings. The molecule has 2 N–H and O–H groups in total. The number of nitrogen functional groups attached to an aromatic ring is 1. The molecule has 2 aromatic carbocycles. The smallest absolute Gasteiger partial charge is 0.145 e. The van der Waals surface area contributed by atoms with Crippen molar-refractivity contribution >= 4 is 5.69 Å². The van der Waals surface area contributed by atoms with E-state index in [0.717, 1.165) is 5.56 Å². The number of hydrogen-bond donors (Lipinski definition) is 1. The van der Waals surface area contributed by atoms with Crippen LogP contribution in [0.5, 0.6) is 11.5 Å². The summed E-state index contributed by atoms with van der Waals surface area (Å²) >= 11 is 0. The van der Waals surface area contributed by atoms with E-state index in [-0.39, 0.29) is 12.4 Å². The van der Waals surface area contributed by atoms with Gasteiger partial charge >= 0.3 is 0 Å². The molecule has 0 unspecified atom stereocenters. The van der Waals surface area contributed by atoms with Gasteiger partial charge in [-0.25, -0.2) is 4.39 Å². The van der Waals surface area contributed by atoms with Crippen molar-refractivity contribution in [3.05, 3.63) is 53.3 Å². The van der Waals surface area contributed by atoms with Gasteiger partial charge in [0.25, 0.3) is 0 Å². The summed E-state index contributed by atoms with van der Waals surface area (Å²) < 4.78 is 24.3. The molecule has 0 fully saturated rings. The molecule has 0 heterocycles. The Balaban J connectivity index is 2.15. The summed E-state index contributed by atoms with van der Waals surface area (Å²) in [6.45, 7) is 2.03. The summed E-state index contributed by atoms with van der Waals surface area (Å²) in [4.78, 5) is 0. The Hall–Kier alpha value is -2.23. The molecular weight excluding hydrogens is 245 g/mol. The number of methoxy groups -OCH3 is 1. The molecule has 100 valence electrons. The van der Waals surface area contributed by atoms with Crippen LogP contribution in [0.2, 0.25) is 0 Å². The second-order valence-corrected chi connectivity index (χ2v) is 4.24. The van der Waals surface area contributed by atoms with E-state index in [1.165, 1.54) is 13.2 Å². The first-order valence-electron chi connectivity index (χ1n) is 5.92. The van der Waals surface area contributed by atoms with E-state index in [1.807, 2.05) is 19.1 Å². The third-order valence-corrected chi connectivity index (χ3v) is 2.87. The lowest BCUT2D eigenvalue weighted by Crippen LogP contribution is -2.02. The Morgan fingerprint density at radius 2 is 2.00 bits per heavy atom. The van der Waals surface area contributed by atoms with Crippen LogP contribution in [0, 0.1) is 12.7 Å². The average Bonchev–Trinajstić information content (AvgIpc) is 2.39. The Morgan fingerprint density at radius 1 is 1.21 bits per heavy atom. The summed E-state index contributed by atoms with van der Waals surface area (Å²) in [6.07, 6.45) is 0. The maximum absolute atomic E-state index is 13.7. The Kier molecular flexibility index (Phi) is 3.90. The molecule has 0 saturated heterocycles. The first kappa shape index (κ1) is 13.2. The van der Waals surface area contributed by atoms with Crippen LogP contribution in [-0.4, -0.2) is 7.11 Å². The highest BCUT2D eigenvalue weighted by Gasteiger charge is 2.08. The van der Waals surface area contributed by atoms with Gasteiger partial charge in [-0.15, -0.1) is 0 Å². The predicted molar refractivity (Wildman–Crippen MR) is 72.9 cm³/mol. The molecule has 0 aliphatic heterocycles. The van der Waals surface area contributed by atoms with Crippen molar-refractivity contribution in [3.8, 4) is 11.5 Å². The Bertz CT molecular complexity index is 564. The zero-order valence-electron chi connectivity index (χ0n) is 10.9. The molecule has 0 spiro atoms. The third-order valence-electron chi connectivity index (χ3n) is 2.87. The van der Waals surface area contributed by atoms with Crippen molar-refractivity contribution in [3.63, 3.8) is 0 Å². The van der Waals surface area contributed by atoms with Gasteiger partial charge in [0.2, 0.25) is 0 Å². The molecule has 0 amide bonds. The highest BCUT2D eigenvalue weighted by Crippen LogP contribution is 2.27. The molecule has 0 aromatic heterocycles. The Labute approximate surface area is 111 Å². The molecule has 4 heteroatoms. The SMILES string of the molecule is COc1ccc(COc2c(C)cccc2N)c(F)c1. The second kappa shape index (κ2) is 5.61. The maximum Gasteiger partial charge on any atom is 0.145 e. The second-order valence-electron chi connectivity index (χ2n) is 4.24. The summed E-state index contributed by atoms with van der Waals surface area (Å²) in [6, 6.07) is 10.2. The van der Waals surface area contributed by atoms with Gasteiger partial charge in [0.15, 0.2) is 0 Å². The lowest BCUT2D eigenvalue weighted by molar-refractivity contribution is 0.299. The van der Waals surface area contributed by atoms with Crippen molar-refractivity contribution in [1.82, 2.24) is 0 Å². The number of halogens is 1. The van der Waals surface area contributed by atoms with Crippen LogP contribution in [0.15, 0.2) is 36.4 Å². The predicted octanol–water partition coefficient (Wildman–Crippen LogP) is 3.30. The van der Waals surface area contributed by atoms with Crippen LogP contribution < -0.4 is 15.2 Å². The number of rotatable bonds is 4. The summed E-state index contributed by atoms with van der Waals surface area (Å²) in [7, 11) is 1.50. The minimum absolute atomic E-state index is 0.130. The minimum Gasteiger partial charge on any atom is -0.497 e. The zero-order chi connectivity index (χ0) is 13.8. The van der Waals surface area contributed by atoms with Crippen LogP contribution in [-0.2, 0) is 6.61 Å². The number of ether oxygens (including phenoxy) is 2. The highest BCUT2D eigenvalue weighted by atomic mass is 19.1. The highest BCUT2D eigenvalue weighted by molar-refractivity contribution is 5.56. The topological polar surface area (TPSA) is 44.5 Å². The fraction of sp³-hybridized carbons (Fsp3) is 0.200. The van der Waals surface area contributed by atoms with Gasteiger partial charge in [-0.1, -0.05) is 12.1 Å². The van der Waals surface area contributed by atoms with Gasteiger partial charge in [-0.05, 0) is 30.7 Å². The molecular formula is C15H16FNO2. The van der Waals surface area contributed by atoms with Gasteiger partial charge in [0.05, 0.1) is 12.8 Å². The molecule has 0 aliphatic carbocycles. The zero-order valence-corrected chi connectivity index (χ0v) is 10.9. The van der Waals surface area contributed by atoms with Gasteiger partial charge < -0.3 is 15.2 Å². The van der Waals surface area contributed by atoms with Crippen LogP contribution in [0.1, 0.15) is 11.1 Å². The Morgan fingerprint density at radius 3 is 2.63 bits per heavy atom. The van der Waals surface area contributed by atoms with Gasteiger partial charge in [0, 0.05) is 11.6 Å². The van der Waals surface area contributed by atoms with Crippen molar-refractivity contribution in [1.29, 1.82) is 0 Å². The van der Waals surface area contributed by atoms with Gasteiger partial charge in [0.1, 0.15) is 23.9 Å². The van der Waals surface area contributed by atoms with E-state index < -0.39 is 0 Å². The molecule has 3 nitrogen and oxygen atoms in total. The molecule has 0 saturated carbocycles. The van der Waals surface area contributed by atoms with Crippen LogP contribution in [0.4, 0.5) is 10.1 Å². The standard InChI is InChI=1S/C15H16FNO2/c1-10-4-3-5-14(17)15(10)19-9-11-6-7-12(18-2)8-13(11)16/h3-8H,9,17H2,1-2H3. The van der Waals surface area contributed by atoms with Crippen molar-refractivity contribution < 1.29 is 13.9 Å². The van der Waals surface area contributed by atoms with Crippen molar-refractivity contribution in [2.75, 3.05) is 12.8 Å².